The predicted molar refractivity (Wildman–Crippen MR) is 161 cm³/mol. The molecule has 5 rings (SSSR count). The molecule has 0 bridgehead atoms. The molecule has 1 unspecified atom stereocenters. The molecule has 0 radical (unpaired) electrons. The maximum Gasteiger partial charge on any atom is 0.301 e. The van der Waals surface area contributed by atoms with Gasteiger partial charge < -0.3 is 14.6 Å². The van der Waals surface area contributed by atoms with Gasteiger partial charge in [-0.2, -0.15) is 0 Å². The minimum Gasteiger partial charge on any atom is -0.507 e. The first-order chi connectivity index (χ1) is 19.9. The normalized spacial score (nSPS) is 16.3. The van der Waals surface area contributed by atoms with Gasteiger partial charge in [0, 0.05) is 16.3 Å². The standard InChI is InChI=1S/C30H26ClN3O5S2/c1-3-15-39-22-13-9-19(10-14-22)26(35)24-25(20-5-4-6-23(16-20)38-2)34(28(37)27(24)36)29-32-33-30(41-29)40-17-18-7-11-21(31)12-8-18/h4-14,16,25,35H,3,15,17H2,1-2H3/b26-24-. The maximum atomic E-state index is 13.5. The van der Waals surface area contributed by atoms with Gasteiger partial charge in [-0.05, 0) is 66.1 Å². The van der Waals surface area contributed by atoms with Crippen molar-refractivity contribution >= 4 is 57.3 Å². The molecule has 210 valence electrons. The van der Waals surface area contributed by atoms with Gasteiger partial charge in [0.05, 0.1) is 25.3 Å². The molecule has 0 saturated carbocycles. The van der Waals surface area contributed by atoms with E-state index in [1.54, 1.807) is 48.5 Å². The number of carbonyl (C=O) groups is 2. The Labute approximate surface area is 250 Å². The van der Waals surface area contributed by atoms with Crippen molar-refractivity contribution in [1.29, 1.82) is 0 Å². The van der Waals surface area contributed by atoms with Gasteiger partial charge in [-0.15, -0.1) is 10.2 Å². The third kappa shape index (κ3) is 6.24. The van der Waals surface area contributed by atoms with Crippen LogP contribution in [0.2, 0.25) is 5.02 Å². The molecule has 1 fully saturated rings. The first-order valence-electron chi connectivity index (χ1n) is 12.8. The van der Waals surface area contributed by atoms with Crippen molar-refractivity contribution in [2.24, 2.45) is 0 Å². The first-order valence-corrected chi connectivity index (χ1v) is 15.0. The second-order valence-electron chi connectivity index (χ2n) is 9.08. The second kappa shape index (κ2) is 12.8. The van der Waals surface area contributed by atoms with Crippen molar-refractivity contribution < 1.29 is 24.2 Å². The van der Waals surface area contributed by atoms with E-state index >= 15 is 0 Å². The number of ketones is 1. The summed E-state index contributed by atoms with van der Waals surface area (Å²) in [7, 11) is 1.53. The van der Waals surface area contributed by atoms with E-state index in [0.29, 0.717) is 44.3 Å². The summed E-state index contributed by atoms with van der Waals surface area (Å²) in [5.41, 5.74) is 1.98. The van der Waals surface area contributed by atoms with Gasteiger partial charge in [0.15, 0.2) is 4.34 Å². The molecule has 0 spiro atoms. The van der Waals surface area contributed by atoms with Crippen LogP contribution in [-0.4, -0.2) is 40.7 Å². The molecule has 41 heavy (non-hydrogen) atoms. The number of aliphatic hydroxyl groups is 1. The number of rotatable bonds is 10. The van der Waals surface area contributed by atoms with E-state index < -0.39 is 17.7 Å². The number of aliphatic hydroxyl groups excluding tert-OH is 1. The SMILES string of the molecule is CCCOc1ccc(/C(O)=C2/C(=O)C(=O)N(c3nnc(SCc4ccc(Cl)cc4)s3)C2c2cccc(OC)c2)cc1. The van der Waals surface area contributed by atoms with Crippen LogP contribution in [0.4, 0.5) is 5.13 Å². The first kappa shape index (κ1) is 28.7. The van der Waals surface area contributed by atoms with Crippen LogP contribution in [0, 0.1) is 0 Å². The molecule has 1 aliphatic rings. The molecule has 1 aliphatic heterocycles. The van der Waals surface area contributed by atoms with Gasteiger partial charge in [-0.3, -0.25) is 14.5 Å². The molecular formula is C30H26ClN3O5S2. The van der Waals surface area contributed by atoms with Crippen LogP contribution in [0.25, 0.3) is 5.76 Å². The number of hydrogen-bond donors (Lipinski definition) is 1. The van der Waals surface area contributed by atoms with Gasteiger partial charge in [-0.25, -0.2) is 0 Å². The van der Waals surface area contributed by atoms with Gasteiger partial charge in [-0.1, -0.05) is 65.9 Å². The highest BCUT2D eigenvalue weighted by Gasteiger charge is 2.48. The summed E-state index contributed by atoms with van der Waals surface area (Å²) in [4.78, 5) is 28.3. The number of methoxy groups -OCH3 is 1. The van der Waals surface area contributed by atoms with Crippen LogP contribution < -0.4 is 14.4 Å². The zero-order chi connectivity index (χ0) is 28.9. The van der Waals surface area contributed by atoms with E-state index in [9.17, 15) is 14.7 Å². The molecule has 1 amide bonds. The summed E-state index contributed by atoms with van der Waals surface area (Å²) >= 11 is 8.65. The lowest BCUT2D eigenvalue weighted by Crippen LogP contribution is -2.29. The van der Waals surface area contributed by atoms with Crippen LogP contribution >= 0.6 is 34.7 Å². The fourth-order valence-electron chi connectivity index (χ4n) is 4.33. The summed E-state index contributed by atoms with van der Waals surface area (Å²) in [6.45, 7) is 2.57. The van der Waals surface area contributed by atoms with Crippen molar-refractivity contribution in [3.63, 3.8) is 0 Å². The molecule has 4 aromatic rings. The average molecular weight is 608 g/mol. The number of anilines is 1. The van der Waals surface area contributed by atoms with E-state index in [0.717, 1.165) is 12.0 Å². The molecular weight excluding hydrogens is 582 g/mol. The Morgan fingerprint density at radius 1 is 1.05 bits per heavy atom. The van der Waals surface area contributed by atoms with Crippen LogP contribution in [0.5, 0.6) is 11.5 Å². The van der Waals surface area contributed by atoms with Crippen molar-refractivity contribution in [2.45, 2.75) is 29.5 Å². The minimum absolute atomic E-state index is 0.0453. The van der Waals surface area contributed by atoms with E-state index in [-0.39, 0.29) is 16.5 Å². The summed E-state index contributed by atoms with van der Waals surface area (Å²) < 4.78 is 11.7. The maximum absolute atomic E-state index is 13.5. The highest BCUT2D eigenvalue weighted by atomic mass is 35.5. The van der Waals surface area contributed by atoms with E-state index in [4.69, 9.17) is 21.1 Å². The predicted octanol–water partition coefficient (Wildman–Crippen LogP) is 6.91. The summed E-state index contributed by atoms with van der Waals surface area (Å²) in [5.74, 6) is -0.0860. The van der Waals surface area contributed by atoms with Crippen molar-refractivity contribution in [1.82, 2.24) is 10.2 Å². The lowest BCUT2D eigenvalue weighted by molar-refractivity contribution is -0.132. The van der Waals surface area contributed by atoms with Crippen molar-refractivity contribution in [2.75, 3.05) is 18.6 Å². The number of aromatic nitrogens is 2. The zero-order valence-corrected chi connectivity index (χ0v) is 24.6. The molecule has 1 atom stereocenters. The van der Waals surface area contributed by atoms with Gasteiger partial charge in [0.25, 0.3) is 5.78 Å². The monoisotopic (exact) mass is 607 g/mol. The van der Waals surface area contributed by atoms with Gasteiger partial charge in [0.2, 0.25) is 5.13 Å². The Morgan fingerprint density at radius 3 is 2.51 bits per heavy atom. The number of halogens is 1. The number of nitrogens with zero attached hydrogens (tertiary/aromatic N) is 3. The largest absolute Gasteiger partial charge is 0.507 e. The number of benzene rings is 3. The highest BCUT2D eigenvalue weighted by Crippen LogP contribution is 2.44. The Morgan fingerprint density at radius 2 is 1.80 bits per heavy atom. The molecule has 1 N–H and O–H groups in total. The average Bonchev–Trinajstić information content (AvgIpc) is 3.57. The van der Waals surface area contributed by atoms with Crippen LogP contribution in [0.3, 0.4) is 0 Å². The Kier molecular flexibility index (Phi) is 8.92. The van der Waals surface area contributed by atoms with Crippen LogP contribution in [0.1, 0.15) is 36.1 Å². The molecule has 8 nitrogen and oxygen atoms in total. The number of ether oxygens (including phenoxy) is 2. The third-order valence-corrected chi connectivity index (χ3v) is 8.71. The Balaban J connectivity index is 1.51. The van der Waals surface area contributed by atoms with Crippen molar-refractivity contribution in [3.05, 3.63) is 100 Å². The molecule has 1 saturated heterocycles. The van der Waals surface area contributed by atoms with Crippen molar-refractivity contribution in [3.8, 4) is 11.5 Å². The smallest absolute Gasteiger partial charge is 0.301 e. The summed E-state index contributed by atoms with van der Waals surface area (Å²) in [5, 5.41) is 20.8. The van der Waals surface area contributed by atoms with Gasteiger partial charge in [0.1, 0.15) is 17.3 Å². The quantitative estimate of drug-likeness (QED) is 0.0682. The Bertz CT molecular complexity index is 1590. The number of Topliss-reactive ketones (excluding diaryl/α,β-unsaturated/α-hetero) is 1. The fraction of sp³-hybridized carbons (Fsp3) is 0.200. The molecule has 0 aliphatic carbocycles. The number of thioether (sulfide) groups is 1. The lowest BCUT2D eigenvalue weighted by Gasteiger charge is -2.23. The minimum atomic E-state index is -0.941. The van der Waals surface area contributed by atoms with Crippen LogP contribution in [-0.2, 0) is 15.3 Å². The van der Waals surface area contributed by atoms with Gasteiger partial charge >= 0.3 is 5.91 Å². The summed E-state index contributed by atoms with van der Waals surface area (Å²) in [6, 6.07) is 20.4. The highest BCUT2D eigenvalue weighted by molar-refractivity contribution is 8.00. The molecule has 3 aromatic carbocycles. The topological polar surface area (TPSA) is 102 Å². The summed E-state index contributed by atoms with van der Waals surface area (Å²) in [6.07, 6.45) is 0.860. The number of carbonyl (C=O) groups excluding carboxylic acids is 2. The molecule has 2 heterocycles. The third-order valence-electron chi connectivity index (χ3n) is 6.33. The van der Waals surface area contributed by atoms with Crippen LogP contribution in [0.15, 0.2) is 82.7 Å². The number of amides is 1. The number of hydrogen-bond acceptors (Lipinski definition) is 9. The molecule has 1 aromatic heterocycles. The lowest BCUT2D eigenvalue weighted by atomic mass is 9.95. The fourth-order valence-corrected chi connectivity index (χ4v) is 6.27. The Hall–Kier alpha value is -3.86. The van der Waals surface area contributed by atoms with E-state index in [2.05, 4.69) is 10.2 Å². The second-order valence-corrected chi connectivity index (χ2v) is 11.7. The van der Waals surface area contributed by atoms with E-state index in [1.807, 2.05) is 31.2 Å². The zero-order valence-electron chi connectivity index (χ0n) is 22.2. The van der Waals surface area contributed by atoms with E-state index in [1.165, 1.54) is 35.1 Å². The molecule has 11 heteroatoms.